The van der Waals surface area contributed by atoms with Gasteiger partial charge in [-0.15, -0.1) is 0 Å². The molecule has 0 aromatic heterocycles. The molecule has 1 unspecified atom stereocenters. The predicted molar refractivity (Wildman–Crippen MR) is 120 cm³/mol. The van der Waals surface area contributed by atoms with Gasteiger partial charge < -0.3 is 14.8 Å². The summed E-state index contributed by atoms with van der Waals surface area (Å²) >= 11 is 6.15. The highest BCUT2D eigenvalue weighted by Gasteiger charge is 2.37. The van der Waals surface area contributed by atoms with Crippen LogP contribution in [0, 0.1) is 0 Å². The van der Waals surface area contributed by atoms with Gasteiger partial charge in [-0.1, -0.05) is 49.7 Å². The number of nitrogens with one attached hydrogen (secondary N) is 1. The van der Waals surface area contributed by atoms with E-state index in [1.54, 1.807) is 32.2 Å². The standard InChI is InChI=1S/C24H27ClN2O4/c1-5-30-23(28)21-20(14-31-19-11-9-16(10-12-19)15(2)3)27(4)24(29)26-22(21)17-7-6-8-18(25)13-17/h6-13,15,22H,5,14H2,1-4H3,(H,26,29). The number of urea groups is 1. The molecular formula is C24H27ClN2O4. The van der Waals surface area contributed by atoms with Crippen LogP contribution in [0.15, 0.2) is 59.8 Å². The van der Waals surface area contributed by atoms with Crippen molar-refractivity contribution >= 4 is 23.6 Å². The fraction of sp³-hybridized carbons (Fsp3) is 0.333. The van der Waals surface area contributed by atoms with E-state index in [0.717, 1.165) is 0 Å². The third-order valence-electron chi connectivity index (χ3n) is 5.18. The van der Waals surface area contributed by atoms with Gasteiger partial charge in [0.1, 0.15) is 12.4 Å². The number of hydrogen-bond donors (Lipinski definition) is 1. The second-order valence-electron chi connectivity index (χ2n) is 7.59. The maximum absolute atomic E-state index is 12.9. The molecule has 0 saturated heterocycles. The highest BCUT2D eigenvalue weighted by Crippen LogP contribution is 2.32. The van der Waals surface area contributed by atoms with E-state index >= 15 is 0 Å². The molecule has 1 aliphatic rings. The first-order valence-electron chi connectivity index (χ1n) is 10.2. The van der Waals surface area contributed by atoms with Gasteiger partial charge in [0.05, 0.1) is 23.9 Å². The molecule has 0 fully saturated rings. The molecule has 0 spiro atoms. The summed E-state index contributed by atoms with van der Waals surface area (Å²) in [6.07, 6.45) is 0. The molecule has 6 nitrogen and oxygen atoms in total. The monoisotopic (exact) mass is 442 g/mol. The van der Waals surface area contributed by atoms with Crippen molar-refractivity contribution in [2.45, 2.75) is 32.7 Å². The van der Waals surface area contributed by atoms with Gasteiger partial charge in [-0.3, -0.25) is 4.90 Å². The van der Waals surface area contributed by atoms with E-state index in [0.29, 0.717) is 33.5 Å². The van der Waals surface area contributed by atoms with Crippen LogP contribution in [0.2, 0.25) is 5.02 Å². The minimum absolute atomic E-state index is 0.0379. The summed E-state index contributed by atoms with van der Waals surface area (Å²) in [5, 5.41) is 3.37. The van der Waals surface area contributed by atoms with Crippen molar-refractivity contribution in [2.24, 2.45) is 0 Å². The van der Waals surface area contributed by atoms with Gasteiger partial charge >= 0.3 is 12.0 Å². The quantitative estimate of drug-likeness (QED) is 0.609. The zero-order chi connectivity index (χ0) is 22.5. The van der Waals surface area contributed by atoms with Crippen molar-refractivity contribution in [3.63, 3.8) is 0 Å². The summed E-state index contributed by atoms with van der Waals surface area (Å²) in [6.45, 7) is 6.24. The molecule has 0 saturated carbocycles. The fourth-order valence-electron chi connectivity index (χ4n) is 3.42. The van der Waals surface area contributed by atoms with Crippen LogP contribution in [-0.2, 0) is 9.53 Å². The average molecular weight is 443 g/mol. The first kappa shape index (κ1) is 22.7. The van der Waals surface area contributed by atoms with Crippen molar-refractivity contribution in [1.82, 2.24) is 10.2 Å². The minimum atomic E-state index is -0.691. The third kappa shape index (κ3) is 5.20. The lowest BCUT2D eigenvalue weighted by molar-refractivity contribution is -0.139. The Balaban J connectivity index is 1.98. The molecule has 1 heterocycles. The van der Waals surface area contributed by atoms with Gasteiger partial charge in [-0.25, -0.2) is 9.59 Å². The predicted octanol–water partition coefficient (Wildman–Crippen LogP) is 5.06. The van der Waals surface area contributed by atoms with Gasteiger partial charge in [0.2, 0.25) is 0 Å². The van der Waals surface area contributed by atoms with Crippen molar-refractivity contribution in [1.29, 1.82) is 0 Å². The third-order valence-corrected chi connectivity index (χ3v) is 5.41. The molecule has 2 aromatic carbocycles. The molecule has 0 radical (unpaired) electrons. The number of nitrogens with zero attached hydrogens (tertiary/aromatic N) is 1. The van der Waals surface area contributed by atoms with Gasteiger partial charge in [-0.2, -0.15) is 0 Å². The number of carbonyl (C=O) groups excluding carboxylic acids is 2. The van der Waals surface area contributed by atoms with E-state index in [-0.39, 0.29) is 19.2 Å². The van der Waals surface area contributed by atoms with E-state index in [2.05, 4.69) is 19.2 Å². The molecule has 2 amide bonds. The molecule has 1 atom stereocenters. The van der Waals surface area contributed by atoms with E-state index in [9.17, 15) is 9.59 Å². The van der Waals surface area contributed by atoms with Gasteiger partial charge in [0, 0.05) is 12.1 Å². The van der Waals surface area contributed by atoms with Crippen molar-refractivity contribution in [3.8, 4) is 5.75 Å². The van der Waals surface area contributed by atoms with E-state index in [1.807, 2.05) is 30.3 Å². The number of halogens is 1. The molecule has 0 bridgehead atoms. The second kappa shape index (κ2) is 9.88. The normalized spacial score (nSPS) is 16.4. The van der Waals surface area contributed by atoms with Gasteiger partial charge in [-0.05, 0) is 48.2 Å². The highest BCUT2D eigenvalue weighted by atomic mass is 35.5. The maximum atomic E-state index is 12.9. The summed E-state index contributed by atoms with van der Waals surface area (Å²) in [4.78, 5) is 27.0. The Hall–Kier alpha value is -2.99. The SMILES string of the molecule is CCOC(=O)C1=C(COc2ccc(C(C)C)cc2)N(C)C(=O)NC1c1cccc(Cl)c1. The molecule has 1 N–H and O–H groups in total. The Labute approximate surface area is 187 Å². The first-order valence-corrected chi connectivity index (χ1v) is 10.6. The number of amides is 2. The minimum Gasteiger partial charge on any atom is -0.487 e. The number of hydrogen-bond acceptors (Lipinski definition) is 4. The van der Waals surface area contributed by atoms with Crippen LogP contribution in [0.5, 0.6) is 5.75 Å². The number of carbonyl (C=O) groups is 2. The fourth-order valence-corrected chi connectivity index (χ4v) is 3.62. The molecular weight excluding hydrogens is 416 g/mol. The van der Waals surface area contributed by atoms with Gasteiger partial charge in [0.15, 0.2) is 0 Å². The number of esters is 1. The Morgan fingerprint density at radius 2 is 1.90 bits per heavy atom. The average Bonchev–Trinajstić information content (AvgIpc) is 2.74. The number of rotatable bonds is 7. The molecule has 3 rings (SSSR count). The molecule has 1 aliphatic heterocycles. The van der Waals surface area contributed by atoms with E-state index < -0.39 is 12.0 Å². The summed E-state index contributed by atoms with van der Waals surface area (Å²) in [5.41, 5.74) is 2.66. The zero-order valence-corrected chi connectivity index (χ0v) is 18.9. The molecule has 31 heavy (non-hydrogen) atoms. The first-order chi connectivity index (χ1) is 14.8. The Morgan fingerprint density at radius 1 is 1.19 bits per heavy atom. The molecule has 0 aliphatic carbocycles. The summed E-state index contributed by atoms with van der Waals surface area (Å²) in [5.74, 6) is 0.561. The number of likely N-dealkylation sites (N-methyl/N-ethyl adjacent to an activating group) is 1. The van der Waals surface area contributed by atoms with E-state index in [1.165, 1.54) is 10.5 Å². The number of benzene rings is 2. The topological polar surface area (TPSA) is 67.9 Å². The Kier molecular flexibility index (Phi) is 7.23. The lowest BCUT2D eigenvalue weighted by Gasteiger charge is -2.34. The van der Waals surface area contributed by atoms with E-state index in [4.69, 9.17) is 21.1 Å². The van der Waals surface area contributed by atoms with Crippen LogP contribution in [0.3, 0.4) is 0 Å². The van der Waals surface area contributed by atoms with Crippen LogP contribution < -0.4 is 10.1 Å². The molecule has 164 valence electrons. The summed E-state index contributed by atoms with van der Waals surface area (Å²) in [6, 6.07) is 13.8. The van der Waals surface area contributed by atoms with Crippen LogP contribution in [-0.4, -0.2) is 37.2 Å². The Bertz CT molecular complexity index is 985. The largest absolute Gasteiger partial charge is 0.487 e. The van der Waals surface area contributed by atoms with Crippen molar-refractivity contribution in [3.05, 3.63) is 76.0 Å². The van der Waals surface area contributed by atoms with Crippen LogP contribution in [0.25, 0.3) is 0 Å². The van der Waals surface area contributed by atoms with Crippen LogP contribution in [0.1, 0.15) is 43.9 Å². The van der Waals surface area contributed by atoms with Gasteiger partial charge in [0.25, 0.3) is 0 Å². The highest BCUT2D eigenvalue weighted by molar-refractivity contribution is 6.30. The second-order valence-corrected chi connectivity index (χ2v) is 8.03. The lowest BCUT2D eigenvalue weighted by Crippen LogP contribution is -2.48. The number of ether oxygens (including phenoxy) is 2. The summed E-state index contributed by atoms with van der Waals surface area (Å²) in [7, 11) is 1.60. The van der Waals surface area contributed by atoms with Crippen molar-refractivity contribution < 1.29 is 19.1 Å². The lowest BCUT2D eigenvalue weighted by atomic mass is 9.95. The zero-order valence-electron chi connectivity index (χ0n) is 18.1. The maximum Gasteiger partial charge on any atom is 0.338 e. The van der Waals surface area contributed by atoms with Crippen molar-refractivity contribution in [2.75, 3.05) is 20.3 Å². The molecule has 2 aromatic rings. The van der Waals surface area contributed by atoms with Crippen LogP contribution >= 0.6 is 11.6 Å². The summed E-state index contributed by atoms with van der Waals surface area (Å²) < 4.78 is 11.3. The Morgan fingerprint density at radius 3 is 2.52 bits per heavy atom. The molecule has 7 heteroatoms. The smallest absolute Gasteiger partial charge is 0.338 e. The van der Waals surface area contributed by atoms with Crippen LogP contribution in [0.4, 0.5) is 4.79 Å².